The number of hydrogen-bond acceptors (Lipinski definition) is 8. The highest BCUT2D eigenvalue weighted by molar-refractivity contribution is 7.16. The van der Waals surface area contributed by atoms with Crippen LogP contribution in [0, 0.1) is 10.1 Å². The maximum absolute atomic E-state index is 13.4. The first-order valence-electron chi connectivity index (χ1n) is 9.94. The number of anilines is 1. The van der Waals surface area contributed by atoms with Gasteiger partial charge in [0.2, 0.25) is 0 Å². The molecule has 0 saturated heterocycles. The molecule has 35 heavy (non-hydrogen) atoms. The summed E-state index contributed by atoms with van der Waals surface area (Å²) in [7, 11) is 0. The molecule has 10 nitrogen and oxygen atoms in total. The van der Waals surface area contributed by atoms with Gasteiger partial charge in [0, 0.05) is 26.9 Å². The zero-order chi connectivity index (χ0) is 25.3. The number of nitrogens with one attached hydrogen (secondary N) is 1. The van der Waals surface area contributed by atoms with E-state index in [4.69, 9.17) is 27.9 Å². The van der Waals surface area contributed by atoms with Crippen molar-refractivity contribution < 1.29 is 19.2 Å². The first-order valence-corrected chi connectivity index (χ1v) is 11.6. The summed E-state index contributed by atoms with van der Waals surface area (Å²) in [6, 6.07) is 9.73. The molecule has 1 N–H and O–H groups in total. The fraction of sp³-hybridized carbons (Fsp3) is 0.0909. The number of carbonyl (C=O) groups excluding carboxylic acids is 2. The van der Waals surface area contributed by atoms with Crippen LogP contribution < -0.4 is 10.9 Å². The van der Waals surface area contributed by atoms with Crippen molar-refractivity contribution in [2.45, 2.75) is 6.92 Å². The van der Waals surface area contributed by atoms with E-state index in [-0.39, 0.29) is 38.7 Å². The van der Waals surface area contributed by atoms with Crippen LogP contribution in [0.1, 0.15) is 27.8 Å². The molecule has 2 aromatic heterocycles. The summed E-state index contributed by atoms with van der Waals surface area (Å²) in [6.07, 6.45) is 0. The number of hydrogen-bond donors (Lipinski definition) is 1. The van der Waals surface area contributed by atoms with Crippen LogP contribution in [0.25, 0.3) is 16.5 Å². The van der Waals surface area contributed by atoms with E-state index in [2.05, 4.69) is 10.4 Å². The maximum atomic E-state index is 13.4. The molecular weight excluding hydrogens is 519 g/mol. The fourth-order valence-electron chi connectivity index (χ4n) is 3.27. The summed E-state index contributed by atoms with van der Waals surface area (Å²) in [6.45, 7) is 1.70. The van der Waals surface area contributed by atoms with E-state index in [1.165, 1.54) is 23.6 Å². The summed E-state index contributed by atoms with van der Waals surface area (Å²) in [5, 5.41) is 20.4. The SMILES string of the molecule is CCOC(=O)c1nn(-c2ccc(Cl)cc2)c(=O)c2c(NC(=O)c3cc(Cl)ccc3[N+](=O)[O-])scc12. The van der Waals surface area contributed by atoms with Gasteiger partial charge < -0.3 is 10.1 Å². The molecular formula is C22H14Cl2N4O6S. The number of thiophene rings is 1. The predicted molar refractivity (Wildman–Crippen MR) is 132 cm³/mol. The number of nitro groups is 1. The quantitative estimate of drug-likeness (QED) is 0.207. The second-order valence-electron chi connectivity index (χ2n) is 6.99. The summed E-state index contributed by atoms with van der Waals surface area (Å²) >= 11 is 12.8. The number of benzene rings is 2. The van der Waals surface area contributed by atoms with Crippen molar-refractivity contribution in [1.29, 1.82) is 0 Å². The van der Waals surface area contributed by atoms with E-state index >= 15 is 0 Å². The minimum Gasteiger partial charge on any atom is -0.461 e. The molecule has 4 rings (SSSR count). The van der Waals surface area contributed by atoms with Crippen LogP contribution >= 0.6 is 34.5 Å². The van der Waals surface area contributed by atoms with Gasteiger partial charge in [-0.15, -0.1) is 11.3 Å². The molecule has 0 aliphatic heterocycles. The minimum atomic E-state index is -0.852. The van der Waals surface area contributed by atoms with Crippen molar-refractivity contribution in [3.63, 3.8) is 0 Å². The van der Waals surface area contributed by atoms with Gasteiger partial charge in [0.1, 0.15) is 10.6 Å². The Kier molecular flexibility index (Phi) is 6.83. The van der Waals surface area contributed by atoms with E-state index in [0.717, 1.165) is 28.2 Å². The largest absolute Gasteiger partial charge is 0.461 e. The first-order chi connectivity index (χ1) is 16.7. The lowest BCUT2D eigenvalue weighted by molar-refractivity contribution is -0.385. The van der Waals surface area contributed by atoms with E-state index in [1.807, 2.05) is 0 Å². The summed E-state index contributed by atoms with van der Waals surface area (Å²) < 4.78 is 6.09. The van der Waals surface area contributed by atoms with E-state index in [9.17, 15) is 24.5 Å². The lowest BCUT2D eigenvalue weighted by atomic mass is 10.1. The molecule has 0 atom stereocenters. The molecule has 0 bridgehead atoms. The Morgan fingerprint density at radius 1 is 1.17 bits per heavy atom. The lowest BCUT2D eigenvalue weighted by Gasteiger charge is -2.10. The highest BCUT2D eigenvalue weighted by atomic mass is 35.5. The van der Waals surface area contributed by atoms with Crippen molar-refractivity contribution >= 4 is 67.9 Å². The van der Waals surface area contributed by atoms with Crippen LogP contribution in [-0.2, 0) is 4.74 Å². The summed E-state index contributed by atoms with van der Waals surface area (Å²) in [5.74, 6) is -1.61. The maximum Gasteiger partial charge on any atom is 0.359 e. The Bertz CT molecular complexity index is 1550. The van der Waals surface area contributed by atoms with Crippen molar-refractivity contribution in [1.82, 2.24) is 9.78 Å². The average Bonchev–Trinajstić information content (AvgIpc) is 3.24. The zero-order valence-corrected chi connectivity index (χ0v) is 20.1. The molecule has 0 spiro atoms. The van der Waals surface area contributed by atoms with Crippen LogP contribution in [0.2, 0.25) is 10.0 Å². The molecule has 13 heteroatoms. The van der Waals surface area contributed by atoms with Gasteiger partial charge in [0.05, 0.1) is 22.6 Å². The fourth-order valence-corrected chi connectivity index (χ4v) is 4.50. The van der Waals surface area contributed by atoms with Crippen molar-refractivity contribution in [3.05, 3.63) is 89.6 Å². The average molecular weight is 533 g/mol. The van der Waals surface area contributed by atoms with Crippen LogP contribution in [0.4, 0.5) is 10.7 Å². The minimum absolute atomic E-state index is 0.0129. The smallest absolute Gasteiger partial charge is 0.359 e. The van der Waals surface area contributed by atoms with Crippen LogP contribution in [0.3, 0.4) is 0 Å². The second-order valence-corrected chi connectivity index (χ2v) is 8.74. The lowest BCUT2D eigenvalue weighted by Crippen LogP contribution is -2.25. The Morgan fingerprint density at radius 3 is 2.51 bits per heavy atom. The highest BCUT2D eigenvalue weighted by Crippen LogP contribution is 2.32. The van der Waals surface area contributed by atoms with Crippen molar-refractivity contribution in [3.8, 4) is 5.69 Å². The Hall–Kier alpha value is -3.80. The van der Waals surface area contributed by atoms with Crippen LogP contribution in [-0.4, -0.2) is 33.2 Å². The molecule has 2 heterocycles. The number of carbonyl (C=O) groups is 2. The second kappa shape index (κ2) is 9.82. The van der Waals surface area contributed by atoms with Crippen LogP contribution in [0.15, 0.2) is 52.6 Å². The zero-order valence-electron chi connectivity index (χ0n) is 17.8. The number of amides is 1. The molecule has 2 aromatic carbocycles. The number of ether oxygens (including phenoxy) is 1. The third-order valence-electron chi connectivity index (χ3n) is 4.82. The number of aromatic nitrogens is 2. The number of fused-ring (bicyclic) bond motifs is 1. The van der Waals surface area contributed by atoms with Gasteiger partial charge in [-0.3, -0.25) is 19.7 Å². The molecule has 0 aliphatic carbocycles. The number of halogens is 2. The highest BCUT2D eigenvalue weighted by Gasteiger charge is 2.25. The number of rotatable bonds is 6. The van der Waals surface area contributed by atoms with Gasteiger partial charge in [-0.1, -0.05) is 23.2 Å². The number of nitro benzene ring substituents is 1. The van der Waals surface area contributed by atoms with Crippen LogP contribution in [0.5, 0.6) is 0 Å². The molecule has 0 fully saturated rings. The summed E-state index contributed by atoms with van der Waals surface area (Å²) in [5.41, 5.74) is -1.20. The summed E-state index contributed by atoms with van der Waals surface area (Å²) in [4.78, 5) is 49.7. The topological polar surface area (TPSA) is 133 Å². The van der Waals surface area contributed by atoms with Crippen molar-refractivity contribution in [2.24, 2.45) is 0 Å². The molecule has 1 amide bonds. The third-order valence-corrected chi connectivity index (χ3v) is 6.20. The van der Waals surface area contributed by atoms with Crippen molar-refractivity contribution in [2.75, 3.05) is 11.9 Å². The normalized spacial score (nSPS) is 10.8. The third kappa shape index (κ3) is 4.74. The predicted octanol–water partition coefficient (Wildman–Crippen LogP) is 5.09. The van der Waals surface area contributed by atoms with Gasteiger partial charge in [-0.25, -0.2) is 4.79 Å². The van der Waals surface area contributed by atoms with Gasteiger partial charge in [-0.05, 0) is 43.3 Å². The first kappa shape index (κ1) is 24.3. The Morgan fingerprint density at radius 2 is 1.86 bits per heavy atom. The Labute approximate surface area is 210 Å². The number of esters is 1. The van der Waals surface area contributed by atoms with Gasteiger partial charge in [-0.2, -0.15) is 9.78 Å². The van der Waals surface area contributed by atoms with E-state index in [1.54, 1.807) is 19.1 Å². The van der Waals surface area contributed by atoms with Gasteiger partial charge >= 0.3 is 5.97 Å². The van der Waals surface area contributed by atoms with E-state index in [0.29, 0.717) is 10.7 Å². The van der Waals surface area contributed by atoms with E-state index < -0.39 is 28.0 Å². The molecule has 0 unspecified atom stereocenters. The standard InChI is InChI=1S/C22H14Cl2N4O6S/c1-2-34-22(31)18-15-10-35-20(25-19(29)14-9-12(24)5-8-16(14)28(32)33)17(15)21(30)27(26-18)13-6-3-11(23)4-7-13/h3-10H,2H2,1H3,(H,25,29). The number of nitrogens with zero attached hydrogens (tertiary/aromatic N) is 3. The molecule has 0 aliphatic rings. The molecule has 0 saturated carbocycles. The van der Waals surface area contributed by atoms with Gasteiger partial charge in [0.15, 0.2) is 5.69 Å². The van der Waals surface area contributed by atoms with Gasteiger partial charge in [0.25, 0.3) is 17.2 Å². The Balaban J connectivity index is 1.89. The molecule has 178 valence electrons. The monoisotopic (exact) mass is 532 g/mol. The molecule has 0 radical (unpaired) electrons. The molecule has 4 aromatic rings.